The van der Waals surface area contributed by atoms with Gasteiger partial charge in [0.15, 0.2) is 0 Å². The third-order valence-corrected chi connectivity index (χ3v) is 4.46. The van der Waals surface area contributed by atoms with E-state index in [1.54, 1.807) is 28.8 Å². The van der Waals surface area contributed by atoms with Gasteiger partial charge in [-0.15, -0.1) is 0 Å². The molecular formula is C20H21N5O3. The summed E-state index contributed by atoms with van der Waals surface area (Å²) in [5.41, 5.74) is 14.1. The van der Waals surface area contributed by atoms with Crippen LogP contribution in [-0.4, -0.2) is 28.2 Å². The zero-order chi connectivity index (χ0) is 20.3. The predicted octanol–water partition coefficient (Wildman–Crippen LogP) is 1.47. The van der Waals surface area contributed by atoms with Gasteiger partial charge in [-0.3, -0.25) is 4.79 Å². The van der Waals surface area contributed by atoms with Crippen LogP contribution in [0.4, 0.5) is 11.5 Å². The summed E-state index contributed by atoms with van der Waals surface area (Å²) in [4.78, 5) is 11.8. The highest BCUT2D eigenvalue weighted by atomic mass is 16.5. The summed E-state index contributed by atoms with van der Waals surface area (Å²) in [6.45, 7) is -0.155. The molecule has 0 fully saturated rings. The molecule has 0 aliphatic rings. The third kappa shape index (κ3) is 3.76. The fraction of sp³-hybridized carbons (Fsp3) is 0.200. The minimum absolute atomic E-state index is 0.269. The Labute approximate surface area is 161 Å². The minimum atomic E-state index is -0.973. The predicted molar refractivity (Wildman–Crippen MR) is 107 cm³/mol. The van der Waals surface area contributed by atoms with Gasteiger partial charge in [-0.05, 0) is 35.9 Å². The lowest BCUT2D eigenvalue weighted by molar-refractivity contribution is -0.118. The van der Waals surface area contributed by atoms with Gasteiger partial charge < -0.3 is 31.2 Å². The van der Waals surface area contributed by atoms with Gasteiger partial charge >= 0.3 is 0 Å². The second-order valence-corrected chi connectivity index (χ2v) is 6.38. The largest absolute Gasteiger partial charge is 0.489 e. The average Bonchev–Trinajstić information content (AvgIpc) is 2.95. The first-order valence-corrected chi connectivity index (χ1v) is 8.61. The molecule has 0 saturated carbocycles. The maximum atomic E-state index is 11.8. The van der Waals surface area contributed by atoms with Crippen molar-refractivity contribution in [3.63, 3.8) is 0 Å². The molecule has 6 N–H and O–H groups in total. The first-order chi connectivity index (χ1) is 13.4. The number of aliphatic hydroxyl groups is 1. The van der Waals surface area contributed by atoms with Crippen LogP contribution in [0.5, 0.6) is 5.75 Å². The smallest absolute Gasteiger partial charge is 0.243 e. The van der Waals surface area contributed by atoms with Crippen molar-refractivity contribution in [3.8, 4) is 11.8 Å². The first kappa shape index (κ1) is 19.2. The fourth-order valence-corrected chi connectivity index (χ4v) is 2.87. The maximum Gasteiger partial charge on any atom is 0.243 e. The van der Waals surface area contributed by atoms with Crippen LogP contribution in [0.25, 0.3) is 10.9 Å². The van der Waals surface area contributed by atoms with Gasteiger partial charge in [0, 0.05) is 18.1 Å². The second-order valence-electron chi connectivity index (χ2n) is 6.38. The van der Waals surface area contributed by atoms with Crippen molar-refractivity contribution in [2.24, 2.45) is 12.8 Å². The number of aromatic nitrogens is 1. The Bertz CT molecular complexity index is 1070. The summed E-state index contributed by atoms with van der Waals surface area (Å²) in [6.07, 6.45) is 0. The normalized spacial score (nSPS) is 11.8. The number of hydrogen-bond acceptors (Lipinski definition) is 6. The number of carbonyl (C=O) groups is 1. The van der Waals surface area contributed by atoms with Gasteiger partial charge in [-0.1, -0.05) is 12.1 Å². The number of amides is 1. The van der Waals surface area contributed by atoms with Gasteiger partial charge in [-0.25, -0.2) is 0 Å². The Hall–Kier alpha value is -3.54. The van der Waals surface area contributed by atoms with Crippen LogP contribution in [0.15, 0.2) is 42.5 Å². The summed E-state index contributed by atoms with van der Waals surface area (Å²) >= 11 is 0. The first-order valence-electron chi connectivity index (χ1n) is 8.61. The molecule has 1 unspecified atom stereocenters. The lowest BCUT2D eigenvalue weighted by Gasteiger charge is -2.11. The Morgan fingerprint density at radius 1 is 1.36 bits per heavy atom. The SMILES string of the molecule is Cn1c(N)c(C#N)c2cc(OCc3cccc(NC(=O)C(N)CO)c3)ccc21. The molecule has 144 valence electrons. The van der Waals surface area contributed by atoms with Crippen molar-refractivity contribution in [3.05, 3.63) is 53.6 Å². The van der Waals surface area contributed by atoms with E-state index in [4.69, 9.17) is 21.3 Å². The maximum absolute atomic E-state index is 11.8. The van der Waals surface area contributed by atoms with E-state index in [2.05, 4.69) is 11.4 Å². The molecule has 1 atom stereocenters. The van der Waals surface area contributed by atoms with Gasteiger partial charge in [0.2, 0.25) is 5.91 Å². The molecule has 0 saturated heterocycles. The minimum Gasteiger partial charge on any atom is -0.489 e. The summed E-state index contributed by atoms with van der Waals surface area (Å²) in [5.74, 6) is 0.558. The van der Waals surface area contributed by atoms with E-state index in [1.165, 1.54) is 0 Å². The molecule has 1 aromatic heterocycles. The number of nitrogen functional groups attached to an aromatic ring is 1. The van der Waals surface area contributed by atoms with E-state index in [9.17, 15) is 10.1 Å². The van der Waals surface area contributed by atoms with E-state index in [-0.39, 0.29) is 6.61 Å². The number of nitrogens with two attached hydrogens (primary N) is 2. The van der Waals surface area contributed by atoms with E-state index in [0.29, 0.717) is 22.8 Å². The number of nitrogens with zero attached hydrogens (tertiary/aromatic N) is 2. The standard InChI is InChI=1S/C20H21N5O3/c1-25-18-6-5-14(8-15(18)16(9-21)19(25)23)28-11-12-3-2-4-13(7-12)24-20(27)17(22)10-26/h2-8,17,26H,10-11,22-23H2,1H3,(H,24,27). The van der Waals surface area contributed by atoms with Crippen LogP contribution >= 0.6 is 0 Å². The number of rotatable bonds is 6. The van der Waals surface area contributed by atoms with Gasteiger partial charge in [0.05, 0.1) is 12.1 Å². The van der Waals surface area contributed by atoms with Crippen molar-refractivity contribution >= 4 is 28.3 Å². The van der Waals surface area contributed by atoms with Gasteiger partial charge in [0.1, 0.15) is 35.8 Å². The van der Waals surface area contributed by atoms with Crippen LogP contribution in [0.3, 0.4) is 0 Å². The molecule has 8 nitrogen and oxygen atoms in total. The summed E-state index contributed by atoms with van der Waals surface area (Å²) in [6, 6.07) is 13.8. The molecule has 28 heavy (non-hydrogen) atoms. The molecule has 3 aromatic rings. The highest BCUT2D eigenvalue weighted by molar-refractivity contribution is 5.95. The number of ether oxygens (including phenoxy) is 1. The molecule has 1 amide bonds. The van der Waals surface area contributed by atoms with E-state index < -0.39 is 18.6 Å². The summed E-state index contributed by atoms with van der Waals surface area (Å²) < 4.78 is 7.61. The topological polar surface area (TPSA) is 139 Å². The zero-order valence-corrected chi connectivity index (χ0v) is 15.3. The Morgan fingerprint density at radius 2 is 2.14 bits per heavy atom. The third-order valence-electron chi connectivity index (χ3n) is 4.46. The molecule has 0 bridgehead atoms. The molecule has 0 spiro atoms. The van der Waals surface area contributed by atoms with E-state index in [0.717, 1.165) is 16.5 Å². The average molecular weight is 379 g/mol. The zero-order valence-electron chi connectivity index (χ0n) is 15.3. The number of aliphatic hydroxyl groups excluding tert-OH is 1. The lowest BCUT2D eigenvalue weighted by atomic mass is 10.1. The molecule has 0 radical (unpaired) electrons. The quantitative estimate of drug-likeness (QED) is 0.511. The number of carbonyl (C=O) groups excluding carboxylic acids is 1. The number of aryl methyl sites for hydroxylation is 1. The number of fused-ring (bicyclic) bond motifs is 1. The summed E-state index contributed by atoms with van der Waals surface area (Å²) in [7, 11) is 1.81. The number of anilines is 2. The molecule has 1 heterocycles. The van der Waals surface area contributed by atoms with Crippen LogP contribution in [-0.2, 0) is 18.4 Å². The molecular weight excluding hydrogens is 358 g/mol. The number of hydrogen-bond donors (Lipinski definition) is 4. The Kier molecular flexibility index (Phi) is 5.49. The van der Waals surface area contributed by atoms with E-state index in [1.807, 2.05) is 25.2 Å². The number of nitrogens with one attached hydrogen (secondary N) is 1. The fourth-order valence-electron chi connectivity index (χ4n) is 2.87. The van der Waals surface area contributed by atoms with Crippen LogP contribution in [0, 0.1) is 11.3 Å². The molecule has 2 aromatic carbocycles. The van der Waals surface area contributed by atoms with Crippen molar-refractivity contribution in [2.45, 2.75) is 12.6 Å². The Morgan fingerprint density at radius 3 is 2.86 bits per heavy atom. The van der Waals surface area contributed by atoms with Crippen LogP contribution in [0.2, 0.25) is 0 Å². The van der Waals surface area contributed by atoms with Crippen LogP contribution in [0.1, 0.15) is 11.1 Å². The molecule has 0 aliphatic heterocycles. The van der Waals surface area contributed by atoms with Crippen molar-refractivity contribution in [1.82, 2.24) is 4.57 Å². The second kappa shape index (κ2) is 8.00. The molecule has 8 heteroatoms. The van der Waals surface area contributed by atoms with Crippen molar-refractivity contribution < 1.29 is 14.6 Å². The van der Waals surface area contributed by atoms with Crippen molar-refractivity contribution in [1.29, 1.82) is 5.26 Å². The highest BCUT2D eigenvalue weighted by Gasteiger charge is 2.14. The highest BCUT2D eigenvalue weighted by Crippen LogP contribution is 2.30. The van der Waals surface area contributed by atoms with Crippen LogP contribution < -0.4 is 21.5 Å². The summed E-state index contributed by atoms with van der Waals surface area (Å²) in [5, 5.41) is 21.7. The number of nitriles is 1. The van der Waals surface area contributed by atoms with E-state index >= 15 is 0 Å². The Balaban J connectivity index is 1.75. The monoisotopic (exact) mass is 379 g/mol. The lowest BCUT2D eigenvalue weighted by Crippen LogP contribution is -2.38. The van der Waals surface area contributed by atoms with Gasteiger partial charge in [0.25, 0.3) is 0 Å². The van der Waals surface area contributed by atoms with Gasteiger partial charge in [-0.2, -0.15) is 5.26 Å². The van der Waals surface area contributed by atoms with Crippen molar-refractivity contribution in [2.75, 3.05) is 17.7 Å². The number of benzene rings is 2. The molecule has 0 aliphatic carbocycles. The molecule has 3 rings (SSSR count).